The van der Waals surface area contributed by atoms with Gasteiger partial charge in [-0.15, -0.1) is 10.2 Å². The molecule has 7 heteroatoms. The van der Waals surface area contributed by atoms with E-state index in [-0.39, 0.29) is 12.0 Å². The van der Waals surface area contributed by atoms with Crippen molar-refractivity contribution in [2.75, 3.05) is 19.8 Å². The molecular weight excluding hydrogens is 308 g/mol. The zero-order valence-electron chi connectivity index (χ0n) is 14.9. The lowest BCUT2D eigenvalue weighted by molar-refractivity contribution is -0.147. The molecule has 2 aliphatic heterocycles. The Bertz CT molecular complexity index is 566. The van der Waals surface area contributed by atoms with Crippen molar-refractivity contribution in [2.45, 2.75) is 71.2 Å². The number of hydrogen-bond acceptors (Lipinski definition) is 5. The third kappa shape index (κ3) is 3.78. The van der Waals surface area contributed by atoms with Crippen molar-refractivity contribution in [2.24, 2.45) is 0 Å². The smallest absolute Gasteiger partial charge is 0.251 e. The van der Waals surface area contributed by atoms with E-state index in [0.29, 0.717) is 25.6 Å². The first-order valence-corrected chi connectivity index (χ1v) is 9.00. The topological polar surface area (TPSA) is 69.5 Å². The van der Waals surface area contributed by atoms with Crippen LogP contribution in [0.1, 0.15) is 57.6 Å². The van der Waals surface area contributed by atoms with E-state index in [1.54, 1.807) is 0 Å². The minimum atomic E-state index is -0.449. The third-order valence-corrected chi connectivity index (χ3v) is 4.76. The van der Waals surface area contributed by atoms with Gasteiger partial charge in [0.15, 0.2) is 5.82 Å². The summed E-state index contributed by atoms with van der Waals surface area (Å²) in [6.07, 6.45) is 3.00. The van der Waals surface area contributed by atoms with Crippen molar-refractivity contribution in [1.82, 2.24) is 19.7 Å². The highest BCUT2D eigenvalue weighted by Gasteiger charge is 2.28. The van der Waals surface area contributed by atoms with Gasteiger partial charge in [0.1, 0.15) is 11.9 Å². The van der Waals surface area contributed by atoms with Gasteiger partial charge in [0, 0.05) is 25.6 Å². The van der Waals surface area contributed by atoms with Gasteiger partial charge >= 0.3 is 0 Å². The van der Waals surface area contributed by atoms with Gasteiger partial charge in [-0.3, -0.25) is 4.79 Å². The van der Waals surface area contributed by atoms with Crippen LogP contribution >= 0.6 is 0 Å². The molecule has 0 N–H and O–H groups in total. The molecule has 0 aromatic carbocycles. The highest BCUT2D eigenvalue weighted by molar-refractivity contribution is 5.80. The molecule has 2 atom stereocenters. The van der Waals surface area contributed by atoms with Crippen molar-refractivity contribution < 1.29 is 14.3 Å². The summed E-state index contributed by atoms with van der Waals surface area (Å²) in [5.74, 6) is 2.22. The van der Waals surface area contributed by atoms with Crippen molar-refractivity contribution in [3.63, 3.8) is 0 Å². The molecule has 134 valence electrons. The number of hydrogen-bond donors (Lipinski definition) is 0. The largest absolute Gasteiger partial charge is 0.376 e. The van der Waals surface area contributed by atoms with E-state index in [1.807, 2.05) is 11.8 Å². The molecule has 1 amide bonds. The van der Waals surface area contributed by atoms with Gasteiger partial charge in [0.25, 0.3) is 5.91 Å². The van der Waals surface area contributed by atoms with Gasteiger partial charge in [-0.2, -0.15) is 0 Å². The monoisotopic (exact) mass is 336 g/mol. The normalized spacial score (nSPS) is 22.5. The fourth-order valence-electron chi connectivity index (χ4n) is 3.31. The molecule has 0 aliphatic carbocycles. The Balaban J connectivity index is 1.53. The van der Waals surface area contributed by atoms with E-state index in [4.69, 9.17) is 9.47 Å². The Hall–Kier alpha value is -1.47. The van der Waals surface area contributed by atoms with Crippen molar-refractivity contribution >= 4 is 5.91 Å². The number of aromatic nitrogens is 3. The first kappa shape index (κ1) is 17.4. The van der Waals surface area contributed by atoms with Gasteiger partial charge in [-0.05, 0) is 26.2 Å². The minimum absolute atomic E-state index is 0.0196. The third-order valence-electron chi connectivity index (χ3n) is 4.76. The summed E-state index contributed by atoms with van der Waals surface area (Å²) in [4.78, 5) is 14.4. The first-order valence-electron chi connectivity index (χ1n) is 9.00. The summed E-state index contributed by atoms with van der Waals surface area (Å²) in [6.45, 7) is 9.27. The Morgan fingerprint density at radius 1 is 1.29 bits per heavy atom. The standard InChI is InChI=1S/C17H28N4O3/c1-12(2)16-19-18-15-10-20(7-8-21(15)16)17(22)13(3)24-11-14-6-4-5-9-23-14/h12-14H,4-11H2,1-3H3/t13-,14+/m0/s1. The molecule has 0 saturated carbocycles. The SMILES string of the molecule is CC(C)c1nnc2n1CCN(C(=O)[C@H](C)OC[C@H]1CCCCO1)C2. The van der Waals surface area contributed by atoms with Crippen molar-refractivity contribution in [3.05, 3.63) is 11.6 Å². The second-order valence-corrected chi connectivity index (χ2v) is 7.00. The second-order valence-electron chi connectivity index (χ2n) is 7.00. The van der Waals surface area contributed by atoms with Crippen LogP contribution in [0.25, 0.3) is 0 Å². The highest BCUT2D eigenvalue weighted by atomic mass is 16.5. The van der Waals surface area contributed by atoms with Crippen LogP contribution in [0.3, 0.4) is 0 Å². The maximum Gasteiger partial charge on any atom is 0.251 e. The molecule has 0 spiro atoms. The lowest BCUT2D eigenvalue weighted by atomic mass is 10.1. The van der Waals surface area contributed by atoms with Gasteiger partial charge in [0.05, 0.1) is 19.3 Å². The zero-order valence-corrected chi connectivity index (χ0v) is 14.9. The maximum atomic E-state index is 12.6. The average Bonchev–Trinajstić information content (AvgIpc) is 3.03. The van der Waals surface area contributed by atoms with Crippen LogP contribution in [0.4, 0.5) is 0 Å². The zero-order chi connectivity index (χ0) is 17.1. The quantitative estimate of drug-likeness (QED) is 0.819. The fraction of sp³-hybridized carbons (Fsp3) is 0.824. The summed E-state index contributed by atoms with van der Waals surface area (Å²) in [6, 6.07) is 0. The van der Waals surface area contributed by atoms with Crippen LogP contribution < -0.4 is 0 Å². The number of rotatable bonds is 5. The second kappa shape index (κ2) is 7.61. The summed E-state index contributed by atoms with van der Waals surface area (Å²) in [7, 11) is 0. The highest BCUT2D eigenvalue weighted by Crippen LogP contribution is 2.19. The molecule has 1 aromatic heterocycles. The molecule has 0 unspecified atom stereocenters. The number of carbonyl (C=O) groups excluding carboxylic acids is 1. The number of nitrogens with zero attached hydrogens (tertiary/aromatic N) is 4. The lowest BCUT2D eigenvalue weighted by Crippen LogP contribution is -2.44. The van der Waals surface area contributed by atoms with Crippen molar-refractivity contribution in [1.29, 1.82) is 0 Å². The fourth-order valence-corrected chi connectivity index (χ4v) is 3.31. The molecule has 7 nitrogen and oxygen atoms in total. The number of ether oxygens (including phenoxy) is 2. The Morgan fingerprint density at radius 3 is 2.83 bits per heavy atom. The summed E-state index contributed by atoms with van der Waals surface area (Å²) in [5.41, 5.74) is 0. The van der Waals surface area contributed by atoms with Gasteiger partial charge in [-0.25, -0.2) is 0 Å². The molecule has 0 radical (unpaired) electrons. The minimum Gasteiger partial charge on any atom is -0.376 e. The Kier molecular flexibility index (Phi) is 5.50. The van der Waals surface area contributed by atoms with Crippen molar-refractivity contribution in [3.8, 4) is 0 Å². The van der Waals surface area contributed by atoms with Gasteiger partial charge in [-0.1, -0.05) is 13.8 Å². The molecule has 1 saturated heterocycles. The summed E-state index contributed by atoms with van der Waals surface area (Å²) >= 11 is 0. The number of fused-ring (bicyclic) bond motifs is 1. The predicted octanol–water partition coefficient (Wildman–Crippen LogP) is 1.72. The molecule has 3 rings (SSSR count). The lowest BCUT2D eigenvalue weighted by Gasteiger charge is -2.31. The predicted molar refractivity (Wildman–Crippen MR) is 88.5 cm³/mol. The molecule has 24 heavy (non-hydrogen) atoms. The van der Waals surface area contributed by atoms with Crippen LogP contribution in [0.5, 0.6) is 0 Å². The van der Waals surface area contributed by atoms with E-state index < -0.39 is 6.10 Å². The maximum absolute atomic E-state index is 12.6. The molecule has 0 bridgehead atoms. The number of carbonyl (C=O) groups is 1. The van der Waals surface area contributed by atoms with E-state index >= 15 is 0 Å². The molecule has 1 fully saturated rings. The number of amides is 1. The van der Waals surface area contributed by atoms with Gasteiger partial charge < -0.3 is 18.9 Å². The van der Waals surface area contributed by atoms with Crippen LogP contribution in [0.2, 0.25) is 0 Å². The van der Waals surface area contributed by atoms with Crippen LogP contribution in [0, 0.1) is 0 Å². The van der Waals surface area contributed by atoms with Crippen LogP contribution in [-0.4, -0.2) is 57.5 Å². The summed E-state index contributed by atoms with van der Waals surface area (Å²) < 4.78 is 13.6. The first-order chi connectivity index (χ1) is 11.6. The molecule has 1 aromatic rings. The van der Waals surface area contributed by atoms with Crippen LogP contribution in [0.15, 0.2) is 0 Å². The molecular formula is C17H28N4O3. The van der Waals surface area contributed by atoms with E-state index in [9.17, 15) is 4.79 Å². The molecule has 2 aliphatic rings. The van der Waals surface area contributed by atoms with Crippen LogP contribution in [-0.2, 0) is 27.4 Å². The summed E-state index contributed by atoms with van der Waals surface area (Å²) in [5, 5.41) is 8.51. The van der Waals surface area contributed by atoms with E-state index in [0.717, 1.165) is 37.6 Å². The molecule has 3 heterocycles. The van der Waals surface area contributed by atoms with Gasteiger partial charge in [0.2, 0.25) is 0 Å². The Morgan fingerprint density at radius 2 is 2.12 bits per heavy atom. The Labute approximate surface area is 143 Å². The van der Waals surface area contributed by atoms with E-state index in [2.05, 4.69) is 28.6 Å². The average molecular weight is 336 g/mol. The van der Waals surface area contributed by atoms with E-state index in [1.165, 1.54) is 6.42 Å².